The van der Waals surface area contributed by atoms with E-state index in [4.69, 9.17) is 0 Å². The van der Waals surface area contributed by atoms with Crippen molar-refractivity contribution in [2.24, 2.45) is 5.92 Å². The van der Waals surface area contributed by atoms with Crippen LogP contribution in [0.4, 0.5) is 0 Å². The number of rotatable bonds is 2. The van der Waals surface area contributed by atoms with E-state index in [1.807, 2.05) is 11.9 Å². The van der Waals surface area contributed by atoms with Gasteiger partial charge in [0.05, 0.1) is 5.92 Å². The first-order valence-corrected chi connectivity index (χ1v) is 4.76. The summed E-state index contributed by atoms with van der Waals surface area (Å²) in [5, 5.41) is 3.22. The maximum Gasteiger partial charge on any atom is 0.227 e. The summed E-state index contributed by atoms with van der Waals surface area (Å²) in [4.78, 5) is 13.7. The zero-order chi connectivity index (χ0) is 8.55. The number of nitrogens with zero attached hydrogens (tertiary/aromatic N) is 1. The molecule has 1 N–H and O–H groups in total. The van der Waals surface area contributed by atoms with Crippen LogP contribution in [0.3, 0.4) is 0 Å². The van der Waals surface area contributed by atoms with E-state index in [1.165, 1.54) is 12.8 Å². The zero-order valence-corrected chi connectivity index (χ0v) is 7.55. The molecule has 2 fully saturated rings. The van der Waals surface area contributed by atoms with Crippen LogP contribution in [0.25, 0.3) is 0 Å². The molecule has 0 unspecified atom stereocenters. The molecular weight excluding hydrogens is 152 g/mol. The Balaban J connectivity index is 1.88. The van der Waals surface area contributed by atoms with Gasteiger partial charge in [-0.25, -0.2) is 0 Å². The first-order valence-electron chi connectivity index (χ1n) is 4.76. The second-order valence-corrected chi connectivity index (χ2v) is 3.87. The molecule has 1 atom stereocenters. The van der Waals surface area contributed by atoms with Crippen LogP contribution in [0.15, 0.2) is 0 Å². The molecule has 3 heteroatoms. The van der Waals surface area contributed by atoms with Crippen molar-refractivity contribution in [1.82, 2.24) is 10.2 Å². The van der Waals surface area contributed by atoms with E-state index in [2.05, 4.69) is 5.32 Å². The van der Waals surface area contributed by atoms with Gasteiger partial charge >= 0.3 is 0 Å². The van der Waals surface area contributed by atoms with Gasteiger partial charge < -0.3 is 10.2 Å². The molecule has 0 aromatic carbocycles. The molecular formula is C9H16N2O. The van der Waals surface area contributed by atoms with Crippen LogP contribution in [0, 0.1) is 5.92 Å². The third-order valence-electron chi connectivity index (χ3n) is 2.85. The minimum absolute atomic E-state index is 0.260. The fourth-order valence-corrected chi connectivity index (χ4v) is 1.80. The van der Waals surface area contributed by atoms with Crippen LogP contribution in [0.1, 0.15) is 19.3 Å². The van der Waals surface area contributed by atoms with Gasteiger partial charge in [-0.3, -0.25) is 4.79 Å². The minimum atomic E-state index is 0.260. The maximum atomic E-state index is 11.7. The molecule has 1 aliphatic heterocycles. The summed E-state index contributed by atoms with van der Waals surface area (Å²) >= 11 is 0. The topological polar surface area (TPSA) is 32.3 Å². The second-order valence-electron chi connectivity index (χ2n) is 3.87. The van der Waals surface area contributed by atoms with E-state index in [0.29, 0.717) is 11.9 Å². The van der Waals surface area contributed by atoms with E-state index in [1.54, 1.807) is 0 Å². The lowest BCUT2D eigenvalue weighted by atomic mass is 10.1. The van der Waals surface area contributed by atoms with Gasteiger partial charge in [-0.2, -0.15) is 0 Å². The first kappa shape index (κ1) is 8.05. The summed E-state index contributed by atoms with van der Waals surface area (Å²) in [6, 6.07) is 0.568. The summed E-state index contributed by atoms with van der Waals surface area (Å²) in [7, 11) is 1.94. The summed E-state index contributed by atoms with van der Waals surface area (Å²) < 4.78 is 0. The Morgan fingerprint density at radius 2 is 2.17 bits per heavy atom. The van der Waals surface area contributed by atoms with Crippen LogP contribution in [-0.4, -0.2) is 37.0 Å². The number of carbonyl (C=O) groups is 1. The summed E-state index contributed by atoms with van der Waals surface area (Å²) in [6.07, 6.45) is 3.45. The van der Waals surface area contributed by atoms with Crippen LogP contribution < -0.4 is 5.32 Å². The van der Waals surface area contributed by atoms with Gasteiger partial charge in [0.2, 0.25) is 5.91 Å². The van der Waals surface area contributed by atoms with E-state index in [9.17, 15) is 4.79 Å². The average Bonchev–Trinajstić information content (AvgIpc) is 2.79. The van der Waals surface area contributed by atoms with Crippen molar-refractivity contribution in [3.63, 3.8) is 0 Å². The van der Waals surface area contributed by atoms with Gasteiger partial charge in [0, 0.05) is 19.6 Å². The Hall–Kier alpha value is -0.570. The fourth-order valence-electron chi connectivity index (χ4n) is 1.80. The number of amides is 1. The van der Waals surface area contributed by atoms with Gasteiger partial charge in [-0.1, -0.05) is 0 Å². The zero-order valence-electron chi connectivity index (χ0n) is 7.55. The molecule has 1 aliphatic carbocycles. The van der Waals surface area contributed by atoms with Crippen LogP contribution in [-0.2, 0) is 4.79 Å². The monoisotopic (exact) mass is 168 g/mol. The van der Waals surface area contributed by atoms with Crippen molar-refractivity contribution < 1.29 is 4.79 Å². The lowest BCUT2D eigenvalue weighted by molar-refractivity contribution is -0.134. The van der Waals surface area contributed by atoms with Crippen LogP contribution in [0.2, 0.25) is 0 Å². The van der Waals surface area contributed by atoms with Gasteiger partial charge in [-0.05, 0) is 25.8 Å². The van der Waals surface area contributed by atoms with Gasteiger partial charge in [0.25, 0.3) is 0 Å². The SMILES string of the molecule is CN(C(=O)[C@@H]1CCNC1)C1CC1. The molecule has 3 nitrogen and oxygen atoms in total. The van der Waals surface area contributed by atoms with Crippen LogP contribution in [0.5, 0.6) is 0 Å². The highest BCUT2D eigenvalue weighted by Crippen LogP contribution is 2.27. The number of nitrogens with one attached hydrogen (secondary N) is 1. The lowest BCUT2D eigenvalue weighted by Crippen LogP contribution is -2.35. The summed E-state index contributed by atoms with van der Waals surface area (Å²) in [5.74, 6) is 0.609. The molecule has 12 heavy (non-hydrogen) atoms. The maximum absolute atomic E-state index is 11.7. The lowest BCUT2D eigenvalue weighted by Gasteiger charge is -2.19. The predicted octanol–water partition coefficient (Wildman–Crippen LogP) is 0.217. The highest BCUT2D eigenvalue weighted by molar-refractivity contribution is 5.79. The number of carbonyl (C=O) groups excluding carboxylic acids is 1. The molecule has 0 aromatic rings. The van der Waals surface area contributed by atoms with Gasteiger partial charge in [0.1, 0.15) is 0 Å². The Morgan fingerprint density at radius 3 is 2.67 bits per heavy atom. The molecule has 1 amide bonds. The number of hydrogen-bond donors (Lipinski definition) is 1. The summed E-state index contributed by atoms with van der Waals surface area (Å²) in [6.45, 7) is 1.89. The van der Waals surface area contributed by atoms with Crippen LogP contribution >= 0.6 is 0 Å². The van der Waals surface area contributed by atoms with Crippen molar-refractivity contribution in [2.45, 2.75) is 25.3 Å². The largest absolute Gasteiger partial charge is 0.342 e. The second kappa shape index (κ2) is 3.05. The average molecular weight is 168 g/mol. The molecule has 1 saturated carbocycles. The van der Waals surface area contributed by atoms with E-state index in [-0.39, 0.29) is 5.92 Å². The Morgan fingerprint density at radius 1 is 1.42 bits per heavy atom. The predicted molar refractivity (Wildman–Crippen MR) is 46.8 cm³/mol. The standard InChI is InChI=1S/C9H16N2O/c1-11(8-2-3-8)9(12)7-4-5-10-6-7/h7-8,10H,2-6H2,1H3/t7-/m1/s1. The normalized spacial score (nSPS) is 28.9. The van der Waals surface area contributed by atoms with Crippen molar-refractivity contribution in [2.75, 3.05) is 20.1 Å². The van der Waals surface area contributed by atoms with E-state index < -0.39 is 0 Å². The third-order valence-corrected chi connectivity index (χ3v) is 2.85. The molecule has 1 saturated heterocycles. The Kier molecular flexibility index (Phi) is 2.05. The molecule has 0 bridgehead atoms. The first-order chi connectivity index (χ1) is 5.79. The third kappa shape index (κ3) is 1.46. The smallest absolute Gasteiger partial charge is 0.227 e. The van der Waals surface area contributed by atoms with Gasteiger partial charge in [-0.15, -0.1) is 0 Å². The van der Waals surface area contributed by atoms with Crippen molar-refractivity contribution >= 4 is 5.91 Å². The van der Waals surface area contributed by atoms with Gasteiger partial charge in [0.15, 0.2) is 0 Å². The molecule has 0 spiro atoms. The van der Waals surface area contributed by atoms with Crippen molar-refractivity contribution in [3.05, 3.63) is 0 Å². The highest BCUT2D eigenvalue weighted by atomic mass is 16.2. The van der Waals surface area contributed by atoms with E-state index >= 15 is 0 Å². The van der Waals surface area contributed by atoms with Crippen molar-refractivity contribution in [3.8, 4) is 0 Å². The van der Waals surface area contributed by atoms with Crippen molar-refractivity contribution in [1.29, 1.82) is 0 Å². The fraction of sp³-hybridized carbons (Fsp3) is 0.889. The highest BCUT2D eigenvalue weighted by Gasteiger charge is 2.33. The molecule has 2 rings (SSSR count). The molecule has 0 radical (unpaired) electrons. The molecule has 68 valence electrons. The Labute approximate surface area is 73.1 Å². The van der Waals surface area contributed by atoms with E-state index in [0.717, 1.165) is 19.5 Å². The molecule has 0 aromatic heterocycles. The Bertz CT molecular complexity index is 179. The molecule has 2 aliphatic rings. The minimum Gasteiger partial charge on any atom is -0.342 e. The quantitative estimate of drug-likeness (QED) is 0.639. The summed E-state index contributed by atoms with van der Waals surface area (Å²) in [5.41, 5.74) is 0. The molecule has 1 heterocycles. The number of hydrogen-bond acceptors (Lipinski definition) is 2.